The Labute approximate surface area is 125 Å². The lowest BCUT2D eigenvalue weighted by atomic mass is 9.92. The van der Waals surface area contributed by atoms with Crippen LogP contribution in [0.3, 0.4) is 0 Å². The van der Waals surface area contributed by atoms with Crippen molar-refractivity contribution in [3.05, 3.63) is 34.2 Å². The minimum absolute atomic E-state index is 0. The Kier molecular flexibility index (Phi) is 5.77. The van der Waals surface area contributed by atoms with Crippen molar-refractivity contribution in [3.63, 3.8) is 0 Å². The number of aryl methyl sites for hydroxylation is 1. The van der Waals surface area contributed by atoms with Crippen LogP contribution in [0, 0.1) is 5.92 Å². The molecule has 2 unspecified atom stereocenters. The minimum atomic E-state index is -0.248. The van der Waals surface area contributed by atoms with E-state index in [1.165, 1.54) is 4.57 Å². The first-order valence-electron chi connectivity index (χ1n) is 6.71. The van der Waals surface area contributed by atoms with Gasteiger partial charge < -0.3 is 15.2 Å². The van der Waals surface area contributed by atoms with Gasteiger partial charge in [0.15, 0.2) is 0 Å². The van der Waals surface area contributed by atoms with Gasteiger partial charge in [-0.1, -0.05) is 6.92 Å². The largest absolute Gasteiger partial charge is 0.334 e. The Hall–Kier alpha value is -1.33. The van der Waals surface area contributed by atoms with Crippen LogP contribution in [0.1, 0.15) is 30.1 Å². The van der Waals surface area contributed by atoms with Crippen LogP contribution in [-0.2, 0) is 7.05 Å². The van der Waals surface area contributed by atoms with Crippen LogP contribution >= 0.6 is 12.4 Å². The molecule has 1 saturated heterocycles. The van der Waals surface area contributed by atoms with Crippen molar-refractivity contribution in [3.8, 4) is 0 Å². The summed E-state index contributed by atoms with van der Waals surface area (Å²) in [5.74, 6) is 0.389. The van der Waals surface area contributed by atoms with Gasteiger partial charge in [-0.15, -0.1) is 12.4 Å². The molecule has 1 aliphatic rings. The van der Waals surface area contributed by atoms with Crippen molar-refractivity contribution in [2.24, 2.45) is 18.7 Å². The maximum Gasteiger partial charge on any atom is 0.263 e. The smallest absolute Gasteiger partial charge is 0.263 e. The van der Waals surface area contributed by atoms with Gasteiger partial charge in [-0.2, -0.15) is 0 Å². The molecule has 0 bridgehead atoms. The number of rotatable bonds is 2. The predicted octanol–water partition coefficient (Wildman–Crippen LogP) is 1.01. The lowest BCUT2D eigenvalue weighted by Crippen LogP contribution is -2.50. The van der Waals surface area contributed by atoms with Gasteiger partial charge in [-0.3, -0.25) is 9.59 Å². The van der Waals surface area contributed by atoms with Gasteiger partial charge >= 0.3 is 0 Å². The molecule has 1 amide bonds. The molecular formula is C14H22ClN3O2. The highest BCUT2D eigenvalue weighted by molar-refractivity contribution is 5.94. The third-order valence-corrected chi connectivity index (χ3v) is 3.86. The fraction of sp³-hybridized carbons (Fsp3) is 0.571. The molecule has 1 aliphatic heterocycles. The van der Waals surface area contributed by atoms with E-state index in [0.717, 1.165) is 12.8 Å². The third kappa shape index (κ3) is 3.22. The number of nitrogens with zero attached hydrogens (tertiary/aromatic N) is 2. The van der Waals surface area contributed by atoms with Crippen molar-refractivity contribution < 1.29 is 4.79 Å². The molecule has 0 aromatic carbocycles. The summed E-state index contributed by atoms with van der Waals surface area (Å²) in [6.07, 6.45) is 3.53. The maximum atomic E-state index is 12.5. The summed E-state index contributed by atoms with van der Waals surface area (Å²) in [6.45, 7) is 3.30. The lowest BCUT2D eigenvalue weighted by Gasteiger charge is -2.37. The summed E-state index contributed by atoms with van der Waals surface area (Å²) in [7, 11) is 1.65. The molecule has 1 fully saturated rings. The molecule has 5 nitrogen and oxygen atoms in total. The van der Waals surface area contributed by atoms with Gasteiger partial charge in [0, 0.05) is 32.4 Å². The summed E-state index contributed by atoms with van der Waals surface area (Å²) >= 11 is 0. The van der Waals surface area contributed by atoms with E-state index >= 15 is 0 Å². The fourth-order valence-electron chi connectivity index (χ4n) is 2.66. The van der Waals surface area contributed by atoms with Crippen LogP contribution in [0.25, 0.3) is 0 Å². The van der Waals surface area contributed by atoms with Crippen molar-refractivity contribution in [1.82, 2.24) is 9.47 Å². The number of amides is 1. The molecule has 1 aromatic rings. The maximum absolute atomic E-state index is 12.5. The highest BCUT2D eigenvalue weighted by Crippen LogP contribution is 2.23. The first kappa shape index (κ1) is 16.7. The van der Waals surface area contributed by atoms with Crippen molar-refractivity contribution in [2.75, 3.05) is 13.1 Å². The van der Waals surface area contributed by atoms with Gasteiger partial charge in [0.05, 0.1) is 0 Å². The van der Waals surface area contributed by atoms with E-state index in [-0.39, 0.29) is 35.5 Å². The second-order valence-electron chi connectivity index (χ2n) is 5.36. The van der Waals surface area contributed by atoms with Crippen LogP contribution in [0.2, 0.25) is 0 Å². The summed E-state index contributed by atoms with van der Waals surface area (Å²) in [6, 6.07) is 3.36. The number of piperidine rings is 1. The second-order valence-corrected chi connectivity index (χ2v) is 5.36. The van der Waals surface area contributed by atoms with E-state index in [1.807, 2.05) is 0 Å². The minimum Gasteiger partial charge on any atom is -0.334 e. The number of carbonyl (C=O) groups is 1. The monoisotopic (exact) mass is 299 g/mol. The standard InChI is InChI=1S/C14H21N3O2.ClH/c1-10-5-7-17(11(8-10)9-15)14(19)12-4-3-6-16(2)13(12)18;/h3-4,6,10-11H,5,7-9,15H2,1-2H3;1H. The number of carbonyl (C=O) groups excluding carboxylic acids is 1. The summed E-state index contributed by atoms with van der Waals surface area (Å²) in [5, 5.41) is 0. The SMILES string of the molecule is CC1CCN(C(=O)c2cccn(C)c2=O)C(CN)C1.Cl. The normalized spacial score (nSPS) is 22.2. The number of likely N-dealkylation sites (tertiary alicyclic amines) is 1. The van der Waals surface area contributed by atoms with Gasteiger partial charge in [0.25, 0.3) is 11.5 Å². The highest BCUT2D eigenvalue weighted by atomic mass is 35.5. The van der Waals surface area contributed by atoms with Crippen molar-refractivity contribution >= 4 is 18.3 Å². The fourth-order valence-corrected chi connectivity index (χ4v) is 2.66. The molecule has 2 rings (SSSR count). The number of pyridine rings is 1. The van der Waals surface area contributed by atoms with Crippen LogP contribution in [0.4, 0.5) is 0 Å². The average molecular weight is 300 g/mol. The number of hydrogen-bond acceptors (Lipinski definition) is 3. The molecule has 0 spiro atoms. The van der Waals surface area contributed by atoms with Gasteiger partial charge in [-0.25, -0.2) is 0 Å². The zero-order chi connectivity index (χ0) is 14.0. The third-order valence-electron chi connectivity index (χ3n) is 3.86. The Morgan fingerprint density at radius 1 is 1.50 bits per heavy atom. The van der Waals surface area contributed by atoms with E-state index in [4.69, 9.17) is 5.73 Å². The van der Waals surface area contributed by atoms with Gasteiger partial charge in [-0.05, 0) is 30.9 Å². The molecule has 112 valence electrons. The molecule has 0 radical (unpaired) electrons. The molecule has 2 atom stereocenters. The quantitative estimate of drug-likeness (QED) is 0.886. The topological polar surface area (TPSA) is 68.3 Å². The van der Waals surface area contributed by atoms with Crippen LogP contribution in [0.15, 0.2) is 23.1 Å². The molecule has 1 aromatic heterocycles. The van der Waals surface area contributed by atoms with E-state index in [1.54, 1.807) is 30.3 Å². The van der Waals surface area contributed by atoms with E-state index in [9.17, 15) is 9.59 Å². The molecule has 0 saturated carbocycles. The Morgan fingerprint density at radius 3 is 2.85 bits per heavy atom. The number of halogens is 1. The Morgan fingerprint density at radius 2 is 2.20 bits per heavy atom. The van der Waals surface area contributed by atoms with Crippen LogP contribution in [0.5, 0.6) is 0 Å². The zero-order valence-corrected chi connectivity index (χ0v) is 12.7. The molecule has 20 heavy (non-hydrogen) atoms. The second kappa shape index (κ2) is 6.90. The predicted molar refractivity (Wildman–Crippen MR) is 81.2 cm³/mol. The first-order chi connectivity index (χ1) is 9.04. The van der Waals surface area contributed by atoms with E-state index < -0.39 is 0 Å². The van der Waals surface area contributed by atoms with Crippen molar-refractivity contribution in [2.45, 2.75) is 25.8 Å². The first-order valence-corrected chi connectivity index (χ1v) is 6.71. The van der Waals surface area contributed by atoms with Crippen LogP contribution in [-0.4, -0.2) is 34.5 Å². The molecule has 6 heteroatoms. The van der Waals surface area contributed by atoms with E-state index in [2.05, 4.69) is 6.92 Å². The average Bonchev–Trinajstić information content (AvgIpc) is 2.41. The lowest BCUT2D eigenvalue weighted by molar-refractivity contribution is 0.0571. The highest BCUT2D eigenvalue weighted by Gasteiger charge is 2.30. The van der Waals surface area contributed by atoms with Crippen molar-refractivity contribution in [1.29, 1.82) is 0 Å². The van der Waals surface area contributed by atoms with Crippen LogP contribution < -0.4 is 11.3 Å². The molecule has 2 N–H and O–H groups in total. The molecule has 0 aliphatic carbocycles. The Bertz CT molecular complexity index is 529. The van der Waals surface area contributed by atoms with Gasteiger partial charge in [0.2, 0.25) is 0 Å². The van der Waals surface area contributed by atoms with Gasteiger partial charge in [0.1, 0.15) is 5.56 Å². The number of nitrogens with two attached hydrogens (primary N) is 1. The summed E-state index contributed by atoms with van der Waals surface area (Å²) in [5.41, 5.74) is 5.75. The Balaban J connectivity index is 0.00000200. The summed E-state index contributed by atoms with van der Waals surface area (Å²) < 4.78 is 1.43. The number of aromatic nitrogens is 1. The summed E-state index contributed by atoms with van der Waals surface area (Å²) in [4.78, 5) is 26.3. The molecule has 2 heterocycles. The number of hydrogen-bond donors (Lipinski definition) is 1. The van der Waals surface area contributed by atoms with E-state index in [0.29, 0.717) is 19.0 Å². The molecular weight excluding hydrogens is 278 g/mol. The zero-order valence-electron chi connectivity index (χ0n) is 11.9.